The van der Waals surface area contributed by atoms with E-state index in [1.807, 2.05) is 13.8 Å². The molecule has 0 saturated heterocycles. The van der Waals surface area contributed by atoms with Crippen LogP contribution in [0.25, 0.3) is 22.3 Å². The van der Waals surface area contributed by atoms with Gasteiger partial charge in [-0.3, -0.25) is 33.7 Å². The second kappa shape index (κ2) is 13.7. The van der Waals surface area contributed by atoms with Gasteiger partial charge in [-0.25, -0.2) is 9.97 Å². The number of carbonyl (C=O) groups excluding carboxylic acids is 2. The predicted octanol–water partition coefficient (Wildman–Crippen LogP) is 0.199. The van der Waals surface area contributed by atoms with E-state index in [1.165, 1.54) is 17.2 Å². The molecule has 0 saturated carbocycles. The number of nitrogens with one attached hydrogen (secondary N) is 5. The number of carbonyl (C=O) groups is 2. The van der Waals surface area contributed by atoms with Crippen LogP contribution in [0.3, 0.4) is 0 Å². The van der Waals surface area contributed by atoms with Gasteiger partial charge in [0.15, 0.2) is 22.3 Å². The lowest BCUT2D eigenvalue weighted by Gasteiger charge is -2.14. The molecular weight excluding hydrogens is 571 g/mol. The van der Waals surface area contributed by atoms with Crippen molar-refractivity contribution < 1.29 is 32.2 Å². The Morgan fingerprint density at radius 3 is 2.36 bits per heavy atom. The standard InChI is InChI=1S/C19H25N11O5.C3H3F3O/c1-9(2)10(20)17(33)35-4-3-34-8-30-7-25-12-14(30)27-19(29-16(12)32)24-6-23-18-26-13-11(15(31)28-18)21-5-22-13;1-2(7)3(4,5)6/h5,7,9-10H,3-4,6,8,20H2,1-2H3,(H2,24,27,29,32)(H3,21,22,23,26,28,31);1H3/t10-;/m0./s1. The molecule has 20 heteroatoms. The summed E-state index contributed by atoms with van der Waals surface area (Å²) in [6, 6.07) is -0.687. The molecule has 0 bridgehead atoms. The van der Waals surface area contributed by atoms with E-state index in [4.69, 9.17) is 15.2 Å². The van der Waals surface area contributed by atoms with Gasteiger partial charge < -0.3 is 30.8 Å². The van der Waals surface area contributed by atoms with Crippen LogP contribution in [0.1, 0.15) is 20.8 Å². The van der Waals surface area contributed by atoms with Crippen molar-refractivity contribution in [1.29, 1.82) is 0 Å². The van der Waals surface area contributed by atoms with Gasteiger partial charge in [0.25, 0.3) is 11.1 Å². The number of fused-ring (bicyclic) bond motifs is 2. The highest BCUT2D eigenvalue weighted by atomic mass is 19.4. The minimum absolute atomic E-state index is 0.0266. The Bertz CT molecular complexity index is 1640. The molecule has 0 spiro atoms. The first-order valence-electron chi connectivity index (χ1n) is 12.2. The second-order valence-corrected chi connectivity index (χ2v) is 8.88. The number of rotatable bonds is 11. The van der Waals surface area contributed by atoms with Crippen LogP contribution >= 0.6 is 0 Å². The molecule has 228 valence electrons. The number of ketones is 1. The van der Waals surface area contributed by atoms with Gasteiger partial charge in [0, 0.05) is 6.92 Å². The zero-order valence-electron chi connectivity index (χ0n) is 22.5. The number of hydrogen-bond donors (Lipinski definition) is 6. The fourth-order valence-electron chi connectivity index (χ4n) is 3.00. The third kappa shape index (κ3) is 8.33. The average Bonchev–Trinajstić information content (AvgIpc) is 3.55. The quantitative estimate of drug-likeness (QED) is 0.0768. The Kier molecular flexibility index (Phi) is 10.3. The van der Waals surface area contributed by atoms with Crippen molar-refractivity contribution in [3.05, 3.63) is 33.4 Å². The van der Waals surface area contributed by atoms with Gasteiger partial charge in [0.1, 0.15) is 19.4 Å². The molecule has 0 radical (unpaired) electrons. The van der Waals surface area contributed by atoms with E-state index >= 15 is 0 Å². The molecule has 4 rings (SSSR count). The number of halogens is 3. The third-order valence-electron chi connectivity index (χ3n) is 5.37. The maximum Gasteiger partial charge on any atom is 0.449 e. The van der Waals surface area contributed by atoms with Gasteiger partial charge in [0.05, 0.1) is 25.9 Å². The van der Waals surface area contributed by atoms with Crippen LogP contribution in [-0.4, -0.2) is 83.3 Å². The van der Waals surface area contributed by atoms with Crippen molar-refractivity contribution in [2.45, 2.75) is 39.7 Å². The molecule has 0 aliphatic rings. The molecule has 0 fully saturated rings. The summed E-state index contributed by atoms with van der Waals surface area (Å²) in [5.74, 6) is -1.91. The van der Waals surface area contributed by atoms with E-state index in [0.717, 1.165) is 0 Å². The SMILES string of the molecule is CC(=O)C(F)(F)F.CC(C)[C@H](N)C(=O)OCCOCn1cnc2c(=O)[nH]c(NCNc3nc4nc[nH]c4c(=O)[nH]3)nc21. The highest BCUT2D eigenvalue weighted by molar-refractivity contribution is 5.81. The monoisotopic (exact) mass is 599 g/mol. The molecular formula is C22H28F3N11O6. The van der Waals surface area contributed by atoms with Crippen molar-refractivity contribution >= 4 is 46.0 Å². The Hall–Kier alpha value is -4.85. The van der Waals surface area contributed by atoms with E-state index in [2.05, 4.69) is 45.5 Å². The van der Waals surface area contributed by atoms with Crippen LogP contribution in [-0.2, 0) is 25.8 Å². The summed E-state index contributed by atoms with van der Waals surface area (Å²) in [6.07, 6.45) is -1.84. The Morgan fingerprint density at radius 1 is 1.07 bits per heavy atom. The summed E-state index contributed by atoms with van der Waals surface area (Å²) in [5, 5.41) is 5.77. The first kappa shape index (κ1) is 31.7. The zero-order chi connectivity index (χ0) is 31.0. The molecule has 0 unspecified atom stereocenters. The summed E-state index contributed by atoms with van der Waals surface area (Å²) in [5.41, 5.74) is 5.88. The number of alkyl halides is 3. The lowest BCUT2D eigenvalue weighted by atomic mass is 10.1. The number of hydrogen-bond acceptors (Lipinski definition) is 13. The molecule has 0 aliphatic heterocycles. The minimum Gasteiger partial charge on any atom is -0.462 e. The third-order valence-corrected chi connectivity index (χ3v) is 5.37. The first-order valence-corrected chi connectivity index (χ1v) is 12.2. The summed E-state index contributed by atoms with van der Waals surface area (Å²) < 4.78 is 44.6. The zero-order valence-corrected chi connectivity index (χ0v) is 22.5. The molecule has 0 amide bonds. The van der Waals surface area contributed by atoms with E-state index in [-0.39, 0.29) is 66.7 Å². The maximum absolute atomic E-state index is 12.4. The normalized spacial score (nSPS) is 12.2. The Balaban J connectivity index is 0.000000616. The lowest BCUT2D eigenvalue weighted by molar-refractivity contribution is -0.168. The van der Waals surface area contributed by atoms with E-state index in [9.17, 15) is 32.3 Å². The Labute approximate surface area is 233 Å². The number of Topliss-reactive ketones (excluding diaryl/α,β-unsaturated/α-hetero) is 1. The highest BCUT2D eigenvalue weighted by Gasteiger charge is 2.33. The van der Waals surface area contributed by atoms with Crippen LogP contribution in [0, 0.1) is 5.92 Å². The van der Waals surface area contributed by atoms with Gasteiger partial charge in [-0.1, -0.05) is 13.8 Å². The van der Waals surface area contributed by atoms with Crippen molar-refractivity contribution in [2.24, 2.45) is 11.7 Å². The number of esters is 1. The summed E-state index contributed by atoms with van der Waals surface area (Å²) in [7, 11) is 0. The predicted molar refractivity (Wildman–Crippen MR) is 141 cm³/mol. The number of H-pyrrole nitrogens is 3. The van der Waals surface area contributed by atoms with E-state index < -0.39 is 29.5 Å². The molecule has 0 aliphatic carbocycles. The topological polar surface area (TPSA) is 241 Å². The van der Waals surface area contributed by atoms with Crippen molar-refractivity contribution in [1.82, 2.24) is 39.5 Å². The smallest absolute Gasteiger partial charge is 0.449 e. The molecule has 4 aromatic rings. The van der Waals surface area contributed by atoms with Crippen molar-refractivity contribution in [3.8, 4) is 0 Å². The second-order valence-electron chi connectivity index (χ2n) is 8.88. The fourth-order valence-corrected chi connectivity index (χ4v) is 3.00. The number of ether oxygens (including phenoxy) is 2. The molecule has 17 nitrogen and oxygen atoms in total. The number of aromatic nitrogens is 8. The van der Waals surface area contributed by atoms with Crippen LogP contribution in [0.2, 0.25) is 0 Å². The van der Waals surface area contributed by atoms with E-state index in [0.29, 0.717) is 12.6 Å². The Morgan fingerprint density at radius 2 is 1.71 bits per heavy atom. The van der Waals surface area contributed by atoms with Crippen molar-refractivity contribution in [2.75, 3.05) is 30.5 Å². The van der Waals surface area contributed by atoms with E-state index in [1.54, 1.807) is 0 Å². The van der Waals surface area contributed by atoms with Gasteiger partial charge >= 0.3 is 12.1 Å². The fraction of sp³-hybridized carbons (Fsp3) is 0.455. The number of anilines is 2. The summed E-state index contributed by atoms with van der Waals surface area (Å²) in [4.78, 5) is 69.8. The number of nitrogens with two attached hydrogens (primary N) is 1. The number of nitrogens with zero attached hydrogens (tertiary/aromatic N) is 5. The molecule has 4 aromatic heterocycles. The van der Waals surface area contributed by atoms with Gasteiger partial charge in [0.2, 0.25) is 17.7 Å². The summed E-state index contributed by atoms with van der Waals surface area (Å²) in [6.45, 7) is 4.43. The van der Waals surface area contributed by atoms with Crippen LogP contribution in [0.15, 0.2) is 22.2 Å². The van der Waals surface area contributed by atoms with Crippen LogP contribution in [0.4, 0.5) is 25.1 Å². The molecule has 42 heavy (non-hydrogen) atoms. The summed E-state index contributed by atoms with van der Waals surface area (Å²) >= 11 is 0. The average molecular weight is 600 g/mol. The number of imidazole rings is 2. The van der Waals surface area contributed by atoms with Crippen LogP contribution < -0.4 is 27.5 Å². The largest absolute Gasteiger partial charge is 0.462 e. The minimum atomic E-state index is -4.64. The molecule has 1 atom stereocenters. The number of aromatic amines is 3. The van der Waals surface area contributed by atoms with Crippen LogP contribution in [0.5, 0.6) is 0 Å². The van der Waals surface area contributed by atoms with Crippen molar-refractivity contribution in [3.63, 3.8) is 0 Å². The maximum atomic E-state index is 12.4. The highest BCUT2D eigenvalue weighted by Crippen LogP contribution is 2.14. The van der Waals surface area contributed by atoms with Gasteiger partial charge in [-0.05, 0) is 5.92 Å². The molecule has 7 N–H and O–H groups in total. The first-order chi connectivity index (χ1) is 19.8. The lowest BCUT2D eigenvalue weighted by Crippen LogP contribution is -2.37. The molecule has 4 heterocycles. The molecule has 0 aromatic carbocycles. The van der Waals surface area contributed by atoms with Gasteiger partial charge in [-0.2, -0.15) is 23.1 Å². The van der Waals surface area contributed by atoms with Gasteiger partial charge in [-0.15, -0.1) is 0 Å².